The van der Waals surface area contributed by atoms with E-state index in [0.717, 1.165) is 26.2 Å². The molecule has 3 heteroatoms. The lowest BCUT2D eigenvalue weighted by Crippen LogP contribution is -2.51. The number of nitrogens with one attached hydrogen (secondary N) is 1. The fraction of sp³-hybridized carbons (Fsp3) is 1.00. The van der Waals surface area contributed by atoms with Crippen molar-refractivity contribution in [2.24, 2.45) is 0 Å². The van der Waals surface area contributed by atoms with Gasteiger partial charge in [0.25, 0.3) is 0 Å². The van der Waals surface area contributed by atoms with Crippen LogP contribution in [0.25, 0.3) is 0 Å². The van der Waals surface area contributed by atoms with E-state index >= 15 is 0 Å². The summed E-state index contributed by atoms with van der Waals surface area (Å²) in [6, 6.07) is 0.679. The molecule has 2 aliphatic heterocycles. The first-order valence-corrected chi connectivity index (χ1v) is 5.42. The van der Waals surface area contributed by atoms with Crippen LogP contribution in [0.1, 0.15) is 19.8 Å². The first-order chi connectivity index (χ1) is 6.36. The molecule has 2 saturated heterocycles. The molecule has 0 amide bonds. The molecule has 76 valence electrons. The van der Waals surface area contributed by atoms with Crippen LogP contribution in [0, 0.1) is 0 Å². The molecule has 0 radical (unpaired) electrons. The Bertz CT molecular complexity index is 157. The molecule has 1 N–H and O–H groups in total. The maximum absolute atomic E-state index is 5.64. The zero-order valence-corrected chi connectivity index (χ0v) is 8.46. The third-order valence-corrected chi connectivity index (χ3v) is 3.10. The van der Waals surface area contributed by atoms with Gasteiger partial charge < -0.3 is 10.1 Å². The number of hydrogen-bond acceptors (Lipinski definition) is 3. The van der Waals surface area contributed by atoms with Crippen molar-refractivity contribution in [3.05, 3.63) is 0 Å². The molecule has 1 unspecified atom stereocenters. The van der Waals surface area contributed by atoms with E-state index in [2.05, 4.69) is 17.1 Å². The lowest BCUT2D eigenvalue weighted by atomic mass is 10.1. The molecule has 0 aliphatic carbocycles. The summed E-state index contributed by atoms with van der Waals surface area (Å²) >= 11 is 0. The van der Waals surface area contributed by atoms with E-state index in [4.69, 9.17) is 4.74 Å². The topological polar surface area (TPSA) is 24.5 Å². The first-order valence-electron chi connectivity index (χ1n) is 5.42. The fourth-order valence-electron chi connectivity index (χ4n) is 2.20. The monoisotopic (exact) mass is 184 g/mol. The van der Waals surface area contributed by atoms with Gasteiger partial charge in [-0.2, -0.15) is 0 Å². The van der Waals surface area contributed by atoms with E-state index in [9.17, 15) is 0 Å². The number of ether oxygens (including phenoxy) is 1. The SMILES string of the molecule is C[C@@H]1CNCCN1CC1CCCO1. The largest absolute Gasteiger partial charge is 0.377 e. The van der Waals surface area contributed by atoms with Crippen LogP contribution in [0.4, 0.5) is 0 Å². The van der Waals surface area contributed by atoms with Crippen LogP contribution in [0.2, 0.25) is 0 Å². The van der Waals surface area contributed by atoms with Crippen molar-refractivity contribution in [3.8, 4) is 0 Å². The van der Waals surface area contributed by atoms with Gasteiger partial charge in [-0.3, -0.25) is 4.90 Å². The summed E-state index contributed by atoms with van der Waals surface area (Å²) in [6.07, 6.45) is 3.03. The van der Waals surface area contributed by atoms with E-state index in [1.807, 2.05) is 0 Å². The molecule has 2 rings (SSSR count). The van der Waals surface area contributed by atoms with Crippen molar-refractivity contribution in [2.75, 3.05) is 32.8 Å². The number of piperazine rings is 1. The Morgan fingerprint density at radius 2 is 2.46 bits per heavy atom. The van der Waals surface area contributed by atoms with Gasteiger partial charge in [-0.1, -0.05) is 0 Å². The molecule has 2 heterocycles. The van der Waals surface area contributed by atoms with Crippen molar-refractivity contribution < 1.29 is 4.74 Å². The second-order valence-corrected chi connectivity index (χ2v) is 4.18. The average Bonchev–Trinajstić information content (AvgIpc) is 2.61. The standard InChI is InChI=1S/C10H20N2O/c1-9-7-11-4-5-12(9)8-10-3-2-6-13-10/h9-11H,2-8H2,1H3/t9-,10?/m1/s1. The average molecular weight is 184 g/mol. The van der Waals surface area contributed by atoms with E-state index < -0.39 is 0 Å². The van der Waals surface area contributed by atoms with Gasteiger partial charge in [-0.05, 0) is 19.8 Å². The Kier molecular flexibility index (Phi) is 3.19. The van der Waals surface area contributed by atoms with Crippen LogP contribution in [-0.2, 0) is 4.74 Å². The molecule has 0 aromatic rings. The maximum atomic E-state index is 5.64. The number of nitrogens with zero attached hydrogens (tertiary/aromatic N) is 1. The highest BCUT2D eigenvalue weighted by Crippen LogP contribution is 2.15. The van der Waals surface area contributed by atoms with E-state index in [-0.39, 0.29) is 0 Å². The number of hydrogen-bond donors (Lipinski definition) is 1. The minimum absolute atomic E-state index is 0.514. The molecular formula is C10H20N2O. The molecule has 13 heavy (non-hydrogen) atoms. The lowest BCUT2D eigenvalue weighted by molar-refractivity contribution is 0.0526. The van der Waals surface area contributed by atoms with Gasteiger partial charge >= 0.3 is 0 Å². The van der Waals surface area contributed by atoms with Gasteiger partial charge in [0.1, 0.15) is 0 Å². The second kappa shape index (κ2) is 4.40. The Hall–Kier alpha value is -0.120. The van der Waals surface area contributed by atoms with Gasteiger partial charge in [-0.25, -0.2) is 0 Å². The highest BCUT2D eigenvalue weighted by Gasteiger charge is 2.23. The van der Waals surface area contributed by atoms with Crippen molar-refractivity contribution in [1.82, 2.24) is 10.2 Å². The van der Waals surface area contributed by atoms with Gasteiger partial charge in [0.05, 0.1) is 6.10 Å². The number of rotatable bonds is 2. The Balaban J connectivity index is 1.78. The van der Waals surface area contributed by atoms with Crippen molar-refractivity contribution >= 4 is 0 Å². The molecule has 0 aromatic heterocycles. The van der Waals surface area contributed by atoms with Crippen molar-refractivity contribution in [2.45, 2.75) is 31.9 Å². The van der Waals surface area contributed by atoms with Crippen LogP contribution in [0.3, 0.4) is 0 Å². The summed E-state index contributed by atoms with van der Waals surface area (Å²) in [5.74, 6) is 0. The van der Waals surface area contributed by atoms with Crippen LogP contribution >= 0.6 is 0 Å². The quantitative estimate of drug-likeness (QED) is 0.675. The zero-order chi connectivity index (χ0) is 9.10. The summed E-state index contributed by atoms with van der Waals surface area (Å²) in [6.45, 7) is 7.86. The third-order valence-electron chi connectivity index (χ3n) is 3.10. The smallest absolute Gasteiger partial charge is 0.0702 e. The summed E-state index contributed by atoms with van der Waals surface area (Å²) < 4.78 is 5.64. The Morgan fingerprint density at radius 1 is 1.54 bits per heavy atom. The molecule has 2 atom stereocenters. The van der Waals surface area contributed by atoms with Crippen LogP contribution < -0.4 is 5.32 Å². The maximum Gasteiger partial charge on any atom is 0.0702 e. The van der Waals surface area contributed by atoms with E-state index in [1.54, 1.807) is 0 Å². The molecular weight excluding hydrogens is 164 g/mol. The summed E-state index contributed by atoms with van der Waals surface area (Å²) in [4.78, 5) is 2.55. The third kappa shape index (κ3) is 2.42. The molecule has 2 fully saturated rings. The lowest BCUT2D eigenvalue weighted by Gasteiger charge is -2.35. The molecule has 3 nitrogen and oxygen atoms in total. The van der Waals surface area contributed by atoms with Crippen LogP contribution in [0.5, 0.6) is 0 Å². The first kappa shape index (κ1) is 9.44. The normalized spacial score (nSPS) is 36.7. The predicted octanol–water partition coefficient (Wildman–Crippen LogP) is 0.459. The van der Waals surface area contributed by atoms with E-state index in [1.165, 1.54) is 19.4 Å². The van der Waals surface area contributed by atoms with Crippen molar-refractivity contribution in [3.63, 3.8) is 0 Å². The summed E-state index contributed by atoms with van der Waals surface area (Å²) in [7, 11) is 0. The highest BCUT2D eigenvalue weighted by atomic mass is 16.5. The van der Waals surface area contributed by atoms with Crippen LogP contribution in [-0.4, -0.2) is 49.8 Å². The zero-order valence-electron chi connectivity index (χ0n) is 8.46. The Morgan fingerprint density at radius 3 is 3.15 bits per heavy atom. The summed E-state index contributed by atoms with van der Waals surface area (Å²) in [5.41, 5.74) is 0. The minimum atomic E-state index is 0.514. The molecule has 0 saturated carbocycles. The Labute approximate surface area is 80.4 Å². The molecule has 0 aromatic carbocycles. The fourth-order valence-corrected chi connectivity index (χ4v) is 2.20. The van der Waals surface area contributed by atoms with E-state index in [0.29, 0.717) is 12.1 Å². The van der Waals surface area contributed by atoms with Crippen molar-refractivity contribution in [1.29, 1.82) is 0 Å². The van der Waals surface area contributed by atoms with Gasteiger partial charge in [0, 0.05) is 38.8 Å². The van der Waals surface area contributed by atoms with Gasteiger partial charge in [-0.15, -0.1) is 0 Å². The molecule has 0 bridgehead atoms. The second-order valence-electron chi connectivity index (χ2n) is 4.18. The predicted molar refractivity (Wildman–Crippen MR) is 52.9 cm³/mol. The molecule has 0 spiro atoms. The van der Waals surface area contributed by atoms with Crippen LogP contribution in [0.15, 0.2) is 0 Å². The highest BCUT2D eigenvalue weighted by molar-refractivity contribution is 4.79. The van der Waals surface area contributed by atoms with Gasteiger partial charge in [0.2, 0.25) is 0 Å². The molecule has 2 aliphatic rings. The summed E-state index contributed by atoms with van der Waals surface area (Å²) in [5, 5.41) is 3.41. The minimum Gasteiger partial charge on any atom is -0.377 e. The van der Waals surface area contributed by atoms with Gasteiger partial charge in [0.15, 0.2) is 0 Å².